The smallest absolute Gasteiger partial charge is 0.273 e. The summed E-state index contributed by atoms with van der Waals surface area (Å²) in [6.07, 6.45) is -1.06. The van der Waals surface area contributed by atoms with Gasteiger partial charge in [-0.25, -0.2) is 4.90 Å². The number of ether oxygens (including phenoxy) is 2. The summed E-state index contributed by atoms with van der Waals surface area (Å²) in [4.78, 5) is 67.2. The molecule has 3 aliphatic rings. The molecule has 0 saturated carbocycles. The Balaban J connectivity index is 1.54. The van der Waals surface area contributed by atoms with Gasteiger partial charge in [0.25, 0.3) is 5.69 Å². The van der Waals surface area contributed by atoms with Crippen LogP contribution in [0.4, 0.5) is 11.4 Å². The van der Waals surface area contributed by atoms with Gasteiger partial charge in [0, 0.05) is 17.2 Å². The van der Waals surface area contributed by atoms with Crippen LogP contribution in [0.2, 0.25) is 0 Å². The molecule has 3 aromatic rings. The number of nitrogens with zero attached hydrogens (tertiary/aromatic N) is 2. The molecule has 190 valence electrons. The average Bonchev–Trinajstić information content (AvgIpc) is 3.48. The van der Waals surface area contributed by atoms with E-state index in [2.05, 4.69) is 0 Å². The van der Waals surface area contributed by atoms with E-state index in [0.717, 1.165) is 22.6 Å². The first-order valence-corrected chi connectivity index (χ1v) is 11.8. The minimum atomic E-state index is -2.21. The van der Waals surface area contributed by atoms with Crippen LogP contribution in [0.15, 0.2) is 66.7 Å². The second kappa shape index (κ2) is 8.15. The maximum Gasteiger partial charge on any atom is 0.273 e. The number of methoxy groups -OCH3 is 1. The Morgan fingerprint density at radius 1 is 0.921 bits per heavy atom. The molecule has 2 aliphatic heterocycles. The number of nitro benzene ring substituents is 1. The largest absolute Gasteiger partial charge is 0.494 e. The SMILES string of the molecule is COc1cc([N+](=O)[O-])ccc1N1C(=O)[C@@H]2[C@@H](c3ccc(C)cc3)OC3(C(=O)c4ccccc4C3=O)[C@H]2C1=O. The van der Waals surface area contributed by atoms with Crippen molar-refractivity contribution >= 4 is 34.8 Å². The van der Waals surface area contributed by atoms with Gasteiger partial charge in [0.05, 0.1) is 41.7 Å². The number of hydrogen-bond acceptors (Lipinski definition) is 8. The summed E-state index contributed by atoms with van der Waals surface area (Å²) in [5, 5.41) is 11.3. The minimum absolute atomic E-state index is 0.0179. The monoisotopic (exact) mass is 512 g/mol. The lowest BCUT2D eigenvalue weighted by atomic mass is 9.77. The van der Waals surface area contributed by atoms with E-state index in [1.807, 2.05) is 19.1 Å². The highest BCUT2D eigenvalue weighted by Gasteiger charge is 2.74. The number of non-ortho nitro benzene ring substituents is 1. The van der Waals surface area contributed by atoms with Gasteiger partial charge in [-0.3, -0.25) is 29.3 Å². The van der Waals surface area contributed by atoms with Crippen molar-refractivity contribution in [3.05, 3.63) is 99.1 Å². The van der Waals surface area contributed by atoms with Crippen molar-refractivity contribution in [3.63, 3.8) is 0 Å². The molecule has 2 heterocycles. The van der Waals surface area contributed by atoms with Crippen molar-refractivity contribution in [3.8, 4) is 5.75 Å². The molecule has 2 fully saturated rings. The molecule has 2 amide bonds. The molecule has 0 bridgehead atoms. The van der Waals surface area contributed by atoms with Gasteiger partial charge in [0.15, 0.2) is 0 Å². The molecule has 1 aliphatic carbocycles. The van der Waals surface area contributed by atoms with Crippen LogP contribution in [-0.2, 0) is 14.3 Å². The third kappa shape index (κ3) is 2.97. The normalized spacial score (nSPS) is 23.2. The first kappa shape index (κ1) is 23.7. The van der Waals surface area contributed by atoms with Crippen molar-refractivity contribution < 1.29 is 33.6 Å². The average molecular weight is 512 g/mol. The molecule has 0 N–H and O–H groups in total. The first-order chi connectivity index (χ1) is 18.2. The Bertz CT molecular complexity index is 1540. The molecular weight excluding hydrogens is 492 g/mol. The highest BCUT2D eigenvalue weighted by atomic mass is 16.6. The summed E-state index contributed by atoms with van der Waals surface area (Å²) in [5.74, 6) is -5.53. The third-order valence-electron chi connectivity index (χ3n) is 7.54. The van der Waals surface area contributed by atoms with E-state index >= 15 is 0 Å². The lowest BCUT2D eigenvalue weighted by Crippen LogP contribution is -2.51. The Labute approximate surface area is 215 Å². The number of benzene rings is 3. The van der Waals surface area contributed by atoms with Crippen LogP contribution in [0, 0.1) is 28.9 Å². The predicted molar refractivity (Wildman–Crippen MR) is 132 cm³/mol. The van der Waals surface area contributed by atoms with Gasteiger partial charge < -0.3 is 9.47 Å². The van der Waals surface area contributed by atoms with Gasteiger partial charge in [-0.15, -0.1) is 0 Å². The fraction of sp³-hybridized carbons (Fsp3) is 0.214. The molecule has 0 unspecified atom stereocenters. The van der Waals surface area contributed by atoms with Crippen molar-refractivity contribution in [2.75, 3.05) is 12.0 Å². The van der Waals surface area contributed by atoms with Crippen LogP contribution in [0.1, 0.15) is 37.9 Å². The maximum atomic E-state index is 14.1. The van der Waals surface area contributed by atoms with Gasteiger partial charge in [-0.05, 0) is 18.6 Å². The van der Waals surface area contributed by atoms with Gasteiger partial charge in [-0.1, -0.05) is 54.1 Å². The quantitative estimate of drug-likeness (QED) is 0.224. The number of imide groups is 1. The molecule has 2 saturated heterocycles. The van der Waals surface area contributed by atoms with E-state index in [-0.39, 0.29) is 28.3 Å². The Morgan fingerprint density at radius 3 is 2.13 bits per heavy atom. The highest BCUT2D eigenvalue weighted by Crippen LogP contribution is 2.58. The van der Waals surface area contributed by atoms with E-state index < -0.39 is 51.8 Å². The van der Waals surface area contributed by atoms with Gasteiger partial charge in [0.1, 0.15) is 5.75 Å². The van der Waals surface area contributed by atoms with Crippen molar-refractivity contribution in [1.29, 1.82) is 0 Å². The zero-order valence-electron chi connectivity index (χ0n) is 20.2. The minimum Gasteiger partial charge on any atom is -0.494 e. The number of carbonyl (C=O) groups is 4. The van der Waals surface area contributed by atoms with Crippen molar-refractivity contribution in [2.24, 2.45) is 11.8 Å². The van der Waals surface area contributed by atoms with Crippen molar-refractivity contribution in [2.45, 2.75) is 18.6 Å². The van der Waals surface area contributed by atoms with E-state index in [1.54, 1.807) is 24.3 Å². The van der Waals surface area contributed by atoms with E-state index in [9.17, 15) is 29.3 Å². The van der Waals surface area contributed by atoms with Gasteiger partial charge in [0.2, 0.25) is 29.0 Å². The van der Waals surface area contributed by atoms with E-state index in [1.165, 1.54) is 25.3 Å². The summed E-state index contributed by atoms with van der Waals surface area (Å²) in [5.41, 5.74) is -0.768. The van der Waals surface area contributed by atoms with Crippen LogP contribution >= 0.6 is 0 Å². The summed E-state index contributed by atoms with van der Waals surface area (Å²) in [6.45, 7) is 1.89. The fourth-order valence-corrected chi connectivity index (χ4v) is 5.78. The number of rotatable bonds is 4. The molecule has 0 aromatic heterocycles. The molecule has 38 heavy (non-hydrogen) atoms. The second-order valence-electron chi connectivity index (χ2n) is 9.52. The van der Waals surface area contributed by atoms with Crippen molar-refractivity contribution in [1.82, 2.24) is 0 Å². The topological polar surface area (TPSA) is 133 Å². The molecule has 1 spiro atoms. The van der Waals surface area contributed by atoms with E-state index in [0.29, 0.717) is 5.56 Å². The number of hydrogen-bond donors (Lipinski definition) is 0. The zero-order chi connectivity index (χ0) is 26.9. The summed E-state index contributed by atoms with van der Waals surface area (Å²) in [6, 6.07) is 16.8. The summed E-state index contributed by atoms with van der Waals surface area (Å²) < 4.78 is 11.5. The number of fused-ring (bicyclic) bond motifs is 3. The Hall–Kier alpha value is -4.70. The highest BCUT2D eigenvalue weighted by molar-refractivity contribution is 6.37. The van der Waals surface area contributed by atoms with Crippen LogP contribution in [0.25, 0.3) is 0 Å². The summed E-state index contributed by atoms with van der Waals surface area (Å²) in [7, 11) is 1.26. The molecule has 10 nitrogen and oxygen atoms in total. The van der Waals surface area contributed by atoms with Crippen LogP contribution in [0.3, 0.4) is 0 Å². The standard InChI is InChI=1S/C28H20N2O8/c1-14-7-9-15(10-8-14)23-21-22(28(38-23)24(31)17-5-3-4-6-18(17)25(28)32)27(34)29(26(21)33)19-12-11-16(30(35)36)13-20(19)37-2/h3-13,21-23H,1-2H3/t21-,22+,23+/m0/s1. The Kier molecular flexibility index (Phi) is 5.08. The number of ketones is 2. The van der Waals surface area contributed by atoms with Crippen LogP contribution in [-0.4, -0.2) is 41.0 Å². The predicted octanol–water partition coefficient (Wildman–Crippen LogP) is 3.61. The number of Topliss-reactive ketones (excluding diaryl/α,β-unsaturated/α-hetero) is 2. The molecule has 10 heteroatoms. The fourth-order valence-electron chi connectivity index (χ4n) is 5.78. The van der Waals surface area contributed by atoms with Gasteiger partial charge in [-0.2, -0.15) is 0 Å². The molecular formula is C28H20N2O8. The number of aryl methyl sites for hydroxylation is 1. The maximum absolute atomic E-state index is 14.1. The van der Waals surface area contributed by atoms with E-state index in [4.69, 9.17) is 9.47 Å². The number of anilines is 1. The number of nitro groups is 1. The molecule has 3 aromatic carbocycles. The third-order valence-corrected chi connectivity index (χ3v) is 7.54. The number of carbonyl (C=O) groups excluding carboxylic acids is 4. The van der Waals surface area contributed by atoms with Crippen LogP contribution in [0.5, 0.6) is 5.75 Å². The van der Waals surface area contributed by atoms with Gasteiger partial charge >= 0.3 is 0 Å². The molecule has 6 rings (SSSR count). The first-order valence-electron chi connectivity index (χ1n) is 11.8. The van der Waals surface area contributed by atoms with Crippen LogP contribution < -0.4 is 9.64 Å². The Morgan fingerprint density at radius 2 is 1.55 bits per heavy atom. The number of amides is 2. The zero-order valence-corrected chi connectivity index (χ0v) is 20.2. The lowest BCUT2D eigenvalue weighted by molar-refractivity contribution is -0.384. The molecule has 3 atom stereocenters. The second-order valence-corrected chi connectivity index (χ2v) is 9.52. The molecule has 0 radical (unpaired) electrons. The lowest BCUT2D eigenvalue weighted by Gasteiger charge is -2.27. The summed E-state index contributed by atoms with van der Waals surface area (Å²) >= 11 is 0.